The maximum absolute atomic E-state index is 12.1. The van der Waals surface area contributed by atoms with Gasteiger partial charge in [-0.2, -0.15) is 0 Å². The molecule has 0 bridgehead atoms. The van der Waals surface area contributed by atoms with E-state index in [1.165, 1.54) is 11.3 Å². The molecule has 4 nitrogen and oxygen atoms in total. The molecule has 0 saturated heterocycles. The van der Waals surface area contributed by atoms with Gasteiger partial charge in [-0.1, -0.05) is 20.8 Å². The Morgan fingerprint density at radius 3 is 2.58 bits per heavy atom. The molecule has 0 aliphatic rings. The van der Waals surface area contributed by atoms with Gasteiger partial charge in [-0.05, 0) is 31.1 Å². The van der Waals surface area contributed by atoms with Crippen LogP contribution in [0.25, 0.3) is 0 Å². The van der Waals surface area contributed by atoms with E-state index in [0.29, 0.717) is 11.4 Å². The molecule has 1 heterocycles. The predicted molar refractivity (Wildman–Crippen MR) is 78.5 cm³/mol. The molecule has 19 heavy (non-hydrogen) atoms. The molecule has 1 aromatic rings. The summed E-state index contributed by atoms with van der Waals surface area (Å²) >= 11 is 1.45. The highest BCUT2D eigenvalue weighted by atomic mass is 32.1. The van der Waals surface area contributed by atoms with Crippen molar-refractivity contribution < 1.29 is 9.90 Å². The highest BCUT2D eigenvalue weighted by molar-refractivity contribution is 7.13. The Hall–Kier alpha value is -0.940. The fourth-order valence-corrected chi connectivity index (χ4v) is 2.89. The zero-order valence-corrected chi connectivity index (χ0v) is 12.8. The van der Waals surface area contributed by atoms with Crippen LogP contribution in [-0.4, -0.2) is 29.1 Å². The first kappa shape index (κ1) is 16.1. The van der Waals surface area contributed by atoms with E-state index in [9.17, 15) is 4.79 Å². The van der Waals surface area contributed by atoms with E-state index >= 15 is 0 Å². The molecule has 0 aliphatic carbocycles. The molecule has 0 radical (unpaired) electrons. The number of hydrogen-bond acceptors (Lipinski definition) is 4. The second-order valence-electron chi connectivity index (χ2n) is 4.84. The van der Waals surface area contributed by atoms with E-state index in [4.69, 9.17) is 5.11 Å². The van der Waals surface area contributed by atoms with Crippen molar-refractivity contribution in [3.63, 3.8) is 0 Å². The largest absolute Gasteiger partial charge is 0.396 e. The third kappa shape index (κ3) is 4.28. The van der Waals surface area contributed by atoms with Crippen LogP contribution in [0.3, 0.4) is 0 Å². The van der Waals surface area contributed by atoms with Crippen LogP contribution in [0.15, 0.2) is 6.20 Å². The lowest BCUT2D eigenvalue weighted by molar-refractivity contribution is 0.0911. The van der Waals surface area contributed by atoms with Crippen LogP contribution in [-0.2, 0) is 6.42 Å². The number of amides is 1. The Kier molecular flexibility index (Phi) is 6.45. The molecular formula is C14H24N2O2S. The maximum Gasteiger partial charge on any atom is 0.263 e. The molecular weight excluding hydrogens is 260 g/mol. The fourth-order valence-electron chi connectivity index (χ4n) is 2.11. The molecule has 2 N–H and O–H groups in total. The number of nitrogens with one attached hydrogen (secondary N) is 1. The minimum atomic E-state index is -0.0542. The molecule has 0 fully saturated rings. The summed E-state index contributed by atoms with van der Waals surface area (Å²) < 4.78 is 0. The average molecular weight is 284 g/mol. The molecule has 1 rings (SSSR count). The van der Waals surface area contributed by atoms with E-state index in [1.54, 1.807) is 6.20 Å². The summed E-state index contributed by atoms with van der Waals surface area (Å²) in [6, 6.07) is 0. The van der Waals surface area contributed by atoms with Crippen molar-refractivity contribution in [2.45, 2.75) is 46.5 Å². The second-order valence-corrected chi connectivity index (χ2v) is 5.95. The molecule has 1 aromatic heterocycles. The zero-order chi connectivity index (χ0) is 14.3. The standard InChI is InChI=1S/C14H24N2O2S/c1-4-12-15-9-11(19-12)13(18)16-10-14(5-2,6-3)7-8-17/h9,17H,4-8,10H2,1-3H3,(H,16,18). The van der Waals surface area contributed by atoms with Crippen LogP contribution in [0.4, 0.5) is 0 Å². The molecule has 0 aliphatic heterocycles. The molecule has 0 aromatic carbocycles. The van der Waals surface area contributed by atoms with E-state index < -0.39 is 0 Å². The van der Waals surface area contributed by atoms with Gasteiger partial charge in [-0.25, -0.2) is 4.98 Å². The Bertz CT molecular complexity index is 400. The van der Waals surface area contributed by atoms with Gasteiger partial charge in [0.05, 0.1) is 11.2 Å². The number of thiazole rings is 1. The molecule has 108 valence electrons. The van der Waals surface area contributed by atoms with Crippen molar-refractivity contribution >= 4 is 17.2 Å². The van der Waals surface area contributed by atoms with E-state index in [2.05, 4.69) is 24.1 Å². The van der Waals surface area contributed by atoms with Gasteiger partial charge in [-0.3, -0.25) is 4.79 Å². The Balaban J connectivity index is 2.61. The van der Waals surface area contributed by atoms with Crippen molar-refractivity contribution in [1.82, 2.24) is 10.3 Å². The molecule has 5 heteroatoms. The smallest absolute Gasteiger partial charge is 0.263 e. The lowest BCUT2D eigenvalue weighted by atomic mass is 9.79. The van der Waals surface area contributed by atoms with Crippen molar-refractivity contribution in [2.24, 2.45) is 5.41 Å². The van der Waals surface area contributed by atoms with Crippen LogP contribution in [0.2, 0.25) is 0 Å². The number of carbonyl (C=O) groups excluding carboxylic acids is 1. The fraction of sp³-hybridized carbons (Fsp3) is 0.714. The van der Waals surface area contributed by atoms with Gasteiger partial charge in [0.1, 0.15) is 4.88 Å². The van der Waals surface area contributed by atoms with E-state index in [-0.39, 0.29) is 17.9 Å². The third-order valence-corrected chi connectivity index (χ3v) is 4.99. The van der Waals surface area contributed by atoms with Crippen molar-refractivity contribution in [3.8, 4) is 0 Å². The van der Waals surface area contributed by atoms with Crippen molar-refractivity contribution in [3.05, 3.63) is 16.1 Å². The van der Waals surface area contributed by atoms with Crippen LogP contribution in [0.5, 0.6) is 0 Å². The highest BCUT2D eigenvalue weighted by Gasteiger charge is 2.26. The molecule has 0 spiro atoms. The minimum absolute atomic E-state index is 0.00266. The monoisotopic (exact) mass is 284 g/mol. The zero-order valence-electron chi connectivity index (χ0n) is 12.0. The molecule has 0 atom stereocenters. The van der Waals surface area contributed by atoms with Gasteiger partial charge < -0.3 is 10.4 Å². The summed E-state index contributed by atoms with van der Waals surface area (Å²) in [6.45, 7) is 7.01. The first-order valence-electron chi connectivity index (χ1n) is 6.94. The topological polar surface area (TPSA) is 62.2 Å². The number of aliphatic hydroxyl groups is 1. The minimum Gasteiger partial charge on any atom is -0.396 e. The number of carbonyl (C=O) groups is 1. The van der Waals surface area contributed by atoms with E-state index in [1.807, 2.05) is 6.92 Å². The quantitative estimate of drug-likeness (QED) is 0.771. The number of aromatic nitrogens is 1. The van der Waals surface area contributed by atoms with Crippen LogP contribution in [0, 0.1) is 5.41 Å². The van der Waals surface area contributed by atoms with Gasteiger partial charge in [0.2, 0.25) is 0 Å². The lowest BCUT2D eigenvalue weighted by Crippen LogP contribution is -2.37. The Morgan fingerprint density at radius 2 is 2.11 bits per heavy atom. The van der Waals surface area contributed by atoms with Gasteiger partial charge >= 0.3 is 0 Å². The predicted octanol–water partition coefficient (Wildman–Crippen LogP) is 2.62. The first-order valence-corrected chi connectivity index (χ1v) is 7.76. The lowest BCUT2D eigenvalue weighted by Gasteiger charge is -2.31. The van der Waals surface area contributed by atoms with E-state index in [0.717, 1.165) is 30.7 Å². The molecule has 0 saturated carbocycles. The number of aryl methyl sites for hydroxylation is 1. The number of hydrogen-bond donors (Lipinski definition) is 2. The van der Waals surface area contributed by atoms with Gasteiger partial charge in [-0.15, -0.1) is 11.3 Å². The number of rotatable bonds is 8. The Morgan fingerprint density at radius 1 is 1.42 bits per heavy atom. The maximum atomic E-state index is 12.1. The van der Waals surface area contributed by atoms with Crippen molar-refractivity contribution in [1.29, 1.82) is 0 Å². The summed E-state index contributed by atoms with van der Waals surface area (Å²) in [5.74, 6) is -0.0542. The van der Waals surface area contributed by atoms with Crippen LogP contribution >= 0.6 is 11.3 Å². The number of nitrogens with zero attached hydrogens (tertiary/aromatic N) is 1. The van der Waals surface area contributed by atoms with Crippen LogP contribution < -0.4 is 5.32 Å². The third-order valence-electron chi connectivity index (χ3n) is 3.85. The highest BCUT2D eigenvalue weighted by Crippen LogP contribution is 2.29. The van der Waals surface area contributed by atoms with Gasteiger partial charge in [0.15, 0.2) is 0 Å². The molecule has 0 unspecified atom stereocenters. The van der Waals surface area contributed by atoms with Crippen LogP contribution in [0.1, 0.15) is 54.7 Å². The summed E-state index contributed by atoms with van der Waals surface area (Å²) in [4.78, 5) is 16.9. The van der Waals surface area contributed by atoms with Crippen molar-refractivity contribution in [2.75, 3.05) is 13.2 Å². The first-order chi connectivity index (χ1) is 9.10. The summed E-state index contributed by atoms with van der Waals surface area (Å²) in [7, 11) is 0. The Labute approximate surface area is 119 Å². The average Bonchev–Trinajstić information content (AvgIpc) is 2.92. The second kappa shape index (κ2) is 7.60. The van der Waals surface area contributed by atoms with Gasteiger partial charge in [0, 0.05) is 13.2 Å². The molecule has 1 amide bonds. The van der Waals surface area contributed by atoms with Gasteiger partial charge in [0.25, 0.3) is 5.91 Å². The summed E-state index contributed by atoms with van der Waals surface area (Å²) in [5.41, 5.74) is 0.00266. The normalized spacial score (nSPS) is 11.6. The SMILES string of the molecule is CCc1ncc(C(=O)NCC(CC)(CC)CCO)s1. The summed E-state index contributed by atoms with van der Waals surface area (Å²) in [6.07, 6.45) is 5.13. The number of aliphatic hydroxyl groups excluding tert-OH is 1. The summed E-state index contributed by atoms with van der Waals surface area (Å²) in [5, 5.41) is 13.1.